The van der Waals surface area contributed by atoms with E-state index in [-0.39, 0.29) is 21.0 Å². The number of hydrogen-bond donors (Lipinski definition) is 2. The Morgan fingerprint density at radius 1 is 1.15 bits per heavy atom. The van der Waals surface area contributed by atoms with E-state index in [9.17, 15) is 26.7 Å². The summed E-state index contributed by atoms with van der Waals surface area (Å²) in [5, 5.41) is 13.1. The summed E-state index contributed by atoms with van der Waals surface area (Å²) in [4.78, 5) is 15.8. The van der Waals surface area contributed by atoms with Crippen molar-refractivity contribution in [2.45, 2.75) is 6.18 Å². The molecular formula is C16H7F5N4OS. The van der Waals surface area contributed by atoms with Crippen LogP contribution in [0.15, 0.2) is 30.3 Å². The number of nitriles is 1. The molecule has 3 aromatic rings. The van der Waals surface area contributed by atoms with Gasteiger partial charge in [0.1, 0.15) is 11.3 Å². The Balaban J connectivity index is 1.80. The highest BCUT2D eigenvalue weighted by Gasteiger charge is 2.34. The topological polar surface area (TPSA) is 77.8 Å². The molecule has 1 heterocycles. The van der Waals surface area contributed by atoms with Crippen LogP contribution in [0.4, 0.5) is 37.6 Å². The molecule has 0 fully saturated rings. The molecule has 0 radical (unpaired) electrons. The molecule has 3 rings (SSSR count). The second kappa shape index (κ2) is 6.81. The largest absolute Gasteiger partial charge is 0.417 e. The summed E-state index contributed by atoms with van der Waals surface area (Å²) in [6.45, 7) is 0. The van der Waals surface area contributed by atoms with Gasteiger partial charge in [-0.1, -0.05) is 11.3 Å². The highest BCUT2D eigenvalue weighted by molar-refractivity contribution is 7.22. The SMILES string of the molecule is N#Cc1ccc(NC(=O)Nc2nc3c(F)cc(F)cc3s2)cc1C(F)(F)F. The third kappa shape index (κ3) is 3.95. The molecule has 0 saturated heterocycles. The van der Waals surface area contributed by atoms with Gasteiger partial charge in [0, 0.05) is 11.8 Å². The lowest BCUT2D eigenvalue weighted by molar-refractivity contribution is -0.137. The minimum atomic E-state index is -4.77. The lowest BCUT2D eigenvalue weighted by Crippen LogP contribution is -2.20. The van der Waals surface area contributed by atoms with Crippen LogP contribution in [0, 0.1) is 23.0 Å². The van der Waals surface area contributed by atoms with Crippen LogP contribution >= 0.6 is 11.3 Å². The van der Waals surface area contributed by atoms with Gasteiger partial charge in [-0.2, -0.15) is 18.4 Å². The molecule has 0 aliphatic carbocycles. The number of fused-ring (bicyclic) bond motifs is 1. The monoisotopic (exact) mass is 398 g/mol. The fourth-order valence-corrected chi connectivity index (χ4v) is 3.12. The summed E-state index contributed by atoms with van der Waals surface area (Å²) >= 11 is 0.792. The zero-order valence-corrected chi connectivity index (χ0v) is 13.8. The number of amides is 2. The summed E-state index contributed by atoms with van der Waals surface area (Å²) < 4.78 is 65.7. The fraction of sp³-hybridized carbons (Fsp3) is 0.0625. The number of hydrogen-bond acceptors (Lipinski definition) is 4. The predicted molar refractivity (Wildman–Crippen MR) is 88.3 cm³/mol. The first-order chi connectivity index (χ1) is 12.7. The van der Waals surface area contributed by atoms with Crippen molar-refractivity contribution in [3.05, 3.63) is 53.1 Å². The van der Waals surface area contributed by atoms with Gasteiger partial charge in [-0.25, -0.2) is 18.6 Å². The van der Waals surface area contributed by atoms with Crippen LogP contribution < -0.4 is 10.6 Å². The minimum absolute atomic E-state index is 0.0725. The number of carbonyl (C=O) groups excluding carboxylic acids is 1. The van der Waals surface area contributed by atoms with E-state index in [2.05, 4.69) is 15.6 Å². The lowest BCUT2D eigenvalue weighted by Gasteiger charge is -2.11. The van der Waals surface area contributed by atoms with Crippen LogP contribution in [-0.4, -0.2) is 11.0 Å². The number of urea groups is 1. The summed E-state index contributed by atoms with van der Waals surface area (Å²) in [6.07, 6.45) is -4.77. The number of carbonyl (C=O) groups is 1. The Bertz CT molecular complexity index is 1090. The quantitative estimate of drug-likeness (QED) is 0.589. The van der Waals surface area contributed by atoms with Gasteiger partial charge >= 0.3 is 12.2 Å². The van der Waals surface area contributed by atoms with Crippen molar-refractivity contribution >= 4 is 38.4 Å². The zero-order valence-electron chi connectivity index (χ0n) is 13.0. The van der Waals surface area contributed by atoms with Crippen molar-refractivity contribution in [3.63, 3.8) is 0 Å². The first-order valence-electron chi connectivity index (χ1n) is 7.12. The van der Waals surface area contributed by atoms with Gasteiger partial charge in [0.25, 0.3) is 0 Å². The molecule has 0 atom stereocenters. The normalized spacial score (nSPS) is 11.3. The molecule has 0 saturated carbocycles. The zero-order chi connectivity index (χ0) is 19.8. The van der Waals surface area contributed by atoms with Crippen molar-refractivity contribution < 1.29 is 26.7 Å². The molecule has 11 heteroatoms. The van der Waals surface area contributed by atoms with E-state index in [1.807, 2.05) is 0 Å². The molecule has 2 amide bonds. The second-order valence-electron chi connectivity index (χ2n) is 5.20. The van der Waals surface area contributed by atoms with Crippen molar-refractivity contribution in [2.24, 2.45) is 0 Å². The molecule has 2 N–H and O–H groups in total. The second-order valence-corrected chi connectivity index (χ2v) is 6.23. The lowest BCUT2D eigenvalue weighted by atomic mass is 10.1. The third-order valence-electron chi connectivity index (χ3n) is 3.34. The molecule has 138 valence electrons. The Morgan fingerprint density at radius 2 is 1.89 bits per heavy atom. The van der Waals surface area contributed by atoms with E-state index in [4.69, 9.17) is 5.26 Å². The maximum Gasteiger partial charge on any atom is 0.417 e. The first kappa shape index (κ1) is 18.5. The number of aromatic nitrogens is 1. The minimum Gasteiger partial charge on any atom is -0.308 e. The molecular weight excluding hydrogens is 391 g/mol. The Hall–Kier alpha value is -3.26. The number of nitrogens with zero attached hydrogens (tertiary/aromatic N) is 2. The number of thiazole rings is 1. The third-order valence-corrected chi connectivity index (χ3v) is 4.25. The maximum absolute atomic E-state index is 13.6. The summed E-state index contributed by atoms with van der Waals surface area (Å²) in [7, 11) is 0. The number of nitrogens with one attached hydrogen (secondary N) is 2. The van der Waals surface area contributed by atoms with Crippen LogP contribution in [0.5, 0.6) is 0 Å². The standard InChI is InChI=1S/C16H7F5N4OS/c17-8-3-11(18)13-12(4-8)27-15(24-13)25-14(26)23-9-2-1-7(6-22)10(5-9)16(19,20)21/h1-5H,(H2,23,24,25,26). The van der Waals surface area contributed by atoms with Crippen LogP contribution in [0.1, 0.15) is 11.1 Å². The van der Waals surface area contributed by atoms with Gasteiger partial charge in [-0.3, -0.25) is 5.32 Å². The van der Waals surface area contributed by atoms with Crippen LogP contribution in [0.25, 0.3) is 10.2 Å². The Morgan fingerprint density at radius 3 is 2.56 bits per heavy atom. The molecule has 0 aliphatic rings. The molecule has 1 aromatic heterocycles. The van der Waals surface area contributed by atoms with Gasteiger partial charge in [0.2, 0.25) is 0 Å². The fourth-order valence-electron chi connectivity index (χ4n) is 2.22. The van der Waals surface area contributed by atoms with E-state index in [0.29, 0.717) is 12.1 Å². The van der Waals surface area contributed by atoms with Crippen molar-refractivity contribution in [2.75, 3.05) is 10.6 Å². The highest BCUT2D eigenvalue weighted by atomic mass is 32.1. The Labute approximate surface area is 152 Å². The number of rotatable bonds is 2. The van der Waals surface area contributed by atoms with Crippen LogP contribution in [0.3, 0.4) is 0 Å². The van der Waals surface area contributed by atoms with E-state index < -0.39 is 35.0 Å². The van der Waals surface area contributed by atoms with E-state index in [1.54, 1.807) is 0 Å². The van der Waals surface area contributed by atoms with E-state index in [0.717, 1.165) is 29.5 Å². The molecule has 5 nitrogen and oxygen atoms in total. The number of anilines is 2. The van der Waals surface area contributed by atoms with Gasteiger partial charge < -0.3 is 5.32 Å². The van der Waals surface area contributed by atoms with Gasteiger partial charge in [0.05, 0.1) is 21.9 Å². The number of alkyl halides is 3. The summed E-state index contributed by atoms with van der Waals surface area (Å²) in [5.41, 5.74) is -2.14. The average Bonchev–Trinajstić information content (AvgIpc) is 2.96. The van der Waals surface area contributed by atoms with Gasteiger partial charge in [-0.05, 0) is 24.3 Å². The molecule has 2 aromatic carbocycles. The summed E-state index contributed by atoms with van der Waals surface area (Å²) in [5.74, 6) is -1.71. The molecule has 0 spiro atoms. The van der Waals surface area contributed by atoms with Crippen LogP contribution in [0.2, 0.25) is 0 Å². The Kier molecular flexibility index (Phi) is 4.67. The average molecular weight is 398 g/mol. The van der Waals surface area contributed by atoms with E-state index in [1.165, 1.54) is 6.07 Å². The molecule has 27 heavy (non-hydrogen) atoms. The predicted octanol–water partition coefficient (Wildman–Crippen LogP) is 5.11. The number of benzene rings is 2. The molecule has 0 bridgehead atoms. The molecule has 0 aliphatic heterocycles. The van der Waals surface area contributed by atoms with Crippen molar-refractivity contribution in [3.8, 4) is 6.07 Å². The molecule has 0 unspecified atom stereocenters. The van der Waals surface area contributed by atoms with Crippen LogP contribution in [-0.2, 0) is 6.18 Å². The van der Waals surface area contributed by atoms with Gasteiger partial charge in [-0.15, -0.1) is 0 Å². The van der Waals surface area contributed by atoms with E-state index >= 15 is 0 Å². The highest BCUT2D eigenvalue weighted by Crippen LogP contribution is 2.34. The number of halogens is 5. The maximum atomic E-state index is 13.6. The first-order valence-corrected chi connectivity index (χ1v) is 7.94. The van der Waals surface area contributed by atoms with Crippen molar-refractivity contribution in [1.29, 1.82) is 5.26 Å². The van der Waals surface area contributed by atoms with Gasteiger partial charge in [0.15, 0.2) is 10.9 Å². The smallest absolute Gasteiger partial charge is 0.308 e. The van der Waals surface area contributed by atoms with Crippen molar-refractivity contribution in [1.82, 2.24) is 4.98 Å². The summed E-state index contributed by atoms with van der Waals surface area (Å²) in [6, 6.07) is 4.83.